The predicted molar refractivity (Wildman–Crippen MR) is 121 cm³/mol. The number of carbonyl (C=O) groups is 1. The number of nitro benzene ring substituents is 1. The second-order valence-electron chi connectivity index (χ2n) is 6.83. The van der Waals surface area contributed by atoms with Gasteiger partial charge in [-0.1, -0.05) is 18.2 Å². The summed E-state index contributed by atoms with van der Waals surface area (Å²) in [5, 5.41) is 13.7. The molecule has 0 saturated carbocycles. The first-order valence-electron chi connectivity index (χ1n) is 9.44. The lowest BCUT2D eigenvalue weighted by atomic mass is 10.1. The minimum absolute atomic E-state index is 0.00557. The van der Waals surface area contributed by atoms with Crippen LogP contribution in [-0.4, -0.2) is 33.4 Å². The van der Waals surface area contributed by atoms with Crippen molar-refractivity contribution in [1.82, 2.24) is 0 Å². The fourth-order valence-corrected chi connectivity index (χ4v) is 4.31. The second-order valence-corrected chi connectivity index (χ2v) is 8.80. The number of para-hydroxylation sites is 2. The number of hydrogen-bond acceptors (Lipinski definition) is 6. The maximum Gasteiger partial charge on any atom is 0.274 e. The van der Waals surface area contributed by atoms with Crippen LogP contribution in [0.25, 0.3) is 0 Å². The van der Waals surface area contributed by atoms with Crippen LogP contribution < -0.4 is 14.4 Å². The Bertz CT molecular complexity index is 1270. The molecule has 1 N–H and O–H groups in total. The quantitative estimate of drug-likeness (QED) is 0.425. The van der Waals surface area contributed by atoms with E-state index in [1.54, 1.807) is 30.3 Å². The first-order chi connectivity index (χ1) is 15.2. The Kier molecular flexibility index (Phi) is 6.45. The van der Waals surface area contributed by atoms with Gasteiger partial charge in [0, 0.05) is 18.7 Å². The lowest BCUT2D eigenvalue weighted by Crippen LogP contribution is -2.27. The number of amides is 1. The highest BCUT2D eigenvalue weighted by Gasteiger charge is 2.24. The number of nitrogens with one attached hydrogen (secondary N) is 1. The summed E-state index contributed by atoms with van der Waals surface area (Å²) in [6.45, 7) is 1.54. The number of ether oxygens (including phenoxy) is 1. The Labute approximate surface area is 185 Å². The molecule has 9 nitrogen and oxygen atoms in total. The number of sulfonamides is 1. The maximum absolute atomic E-state index is 13.0. The van der Waals surface area contributed by atoms with Gasteiger partial charge in [-0.2, -0.15) is 0 Å². The topological polar surface area (TPSA) is 119 Å². The van der Waals surface area contributed by atoms with Crippen LogP contribution in [0.2, 0.25) is 0 Å². The van der Waals surface area contributed by atoms with Gasteiger partial charge >= 0.3 is 0 Å². The summed E-state index contributed by atoms with van der Waals surface area (Å²) in [5.41, 5.74) is 1.09. The molecule has 0 aliphatic heterocycles. The molecule has 0 spiro atoms. The van der Waals surface area contributed by atoms with Gasteiger partial charge in [-0.25, -0.2) is 8.42 Å². The normalized spacial score (nSPS) is 11.0. The van der Waals surface area contributed by atoms with Crippen molar-refractivity contribution >= 4 is 33.0 Å². The van der Waals surface area contributed by atoms with E-state index < -0.39 is 20.9 Å². The van der Waals surface area contributed by atoms with E-state index >= 15 is 0 Å². The molecule has 0 fully saturated rings. The van der Waals surface area contributed by atoms with Crippen LogP contribution in [0.4, 0.5) is 17.1 Å². The molecule has 0 bridgehead atoms. The standard InChI is InChI=1S/C22H21N3O6S/c1-15-18(7-6-9-19(15)25(27)28)23-22(26)16-11-13-17(14-12-16)32(29,30)24(2)20-8-4-5-10-21(20)31-3/h4-14H,1-3H3,(H,23,26). The van der Waals surface area contributed by atoms with Crippen LogP contribution in [0.5, 0.6) is 5.75 Å². The molecule has 3 aromatic carbocycles. The highest BCUT2D eigenvalue weighted by Crippen LogP contribution is 2.31. The first-order valence-corrected chi connectivity index (χ1v) is 10.9. The zero-order chi connectivity index (χ0) is 23.5. The van der Waals surface area contributed by atoms with Crippen molar-refractivity contribution < 1.29 is 22.9 Å². The number of methoxy groups -OCH3 is 1. The number of carbonyl (C=O) groups excluding carboxylic acids is 1. The summed E-state index contributed by atoms with van der Waals surface area (Å²) in [7, 11) is -1.03. The summed E-state index contributed by atoms with van der Waals surface area (Å²) in [4.78, 5) is 23.1. The van der Waals surface area contributed by atoms with Gasteiger partial charge in [0.05, 0.1) is 33.9 Å². The minimum Gasteiger partial charge on any atom is -0.495 e. The van der Waals surface area contributed by atoms with Gasteiger partial charge < -0.3 is 10.1 Å². The fourth-order valence-electron chi connectivity index (χ4n) is 3.11. The Balaban J connectivity index is 1.84. The lowest BCUT2D eigenvalue weighted by Gasteiger charge is -2.21. The van der Waals surface area contributed by atoms with Crippen molar-refractivity contribution in [2.75, 3.05) is 23.8 Å². The third kappa shape index (κ3) is 4.40. The Morgan fingerprint density at radius 1 is 1.03 bits per heavy atom. The third-order valence-electron chi connectivity index (χ3n) is 4.95. The SMILES string of the molecule is COc1ccccc1N(C)S(=O)(=O)c1ccc(C(=O)Nc2cccc([N+](=O)[O-])c2C)cc1. The number of nitro groups is 1. The Morgan fingerprint density at radius 2 is 1.69 bits per heavy atom. The number of nitrogens with zero attached hydrogens (tertiary/aromatic N) is 2. The fraction of sp³-hybridized carbons (Fsp3) is 0.136. The van der Waals surface area contributed by atoms with E-state index in [0.717, 1.165) is 4.31 Å². The van der Waals surface area contributed by atoms with E-state index in [9.17, 15) is 23.3 Å². The molecule has 0 saturated heterocycles. The zero-order valence-corrected chi connectivity index (χ0v) is 18.4. The molecule has 0 unspecified atom stereocenters. The monoisotopic (exact) mass is 455 g/mol. The molecule has 166 valence electrons. The summed E-state index contributed by atoms with van der Waals surface area (Å²) < 4.78 is 32.4. The Morgan fingerprint density at radius 3 is 2.31 bits per heavy atom. The molecule has 32 heavy (non-hydrogen) atoms. The van der Waals surface area contributed by atoms with Crippen LogP contribution in [-0.2, 0) is 10.0 Å². The van der Waals surface area contributed by atoms with Gasteiger partial charge in [-0.05, 0) is 49.4 Å². The number of anilines is 2. The van der Waals surface area contributed by atoms with E-state index in [4.69, 9.17) is 4.74 Å². The largest absolute Gasteiger partial charge is 0.495 e. The molecular formula is C22H21N3O6S. The molecule has 3 aromatic rings. The highest BCUT2D eigenvalue weighted by atomic mass is 32.2. The zero-order valence-electron chi connectivity index (χ0n) is 17.6. The van der Waals surface area contributed by atoms with Crippen LogP contribution in [0, 0.1) is 17.0 Å². The van der Waals surface area contributed by atoms with Crippen molar-refractivity contribution in [3.05, 3.63) is 88.0 Å². The first kappa shape index (κ1) is 22.8. The summed E-state index contributed by atoms with van der Waals surface area (Å²) in [6.07, 6.45) is 0. The smallest absolute Gasteiger partial charge is 0.274 e. The van der Waals surface area contributed by atoms with Gasteiger partial charge in [0.2, 0.25) is 0 Å². The molecule has 3 rings (SSSR count). The van der Waals surface area contributed by atoms with Crippen LogP contribution in [0.15, 0.2) is 71.6 Å². The molecule has 0 radical (unpaired) electrons. The average Bonchev–Trinajstić information content (AvgIpc) is 2.79. The van der Waals surface area contributed by atoms with Crippen molar-refractivity contribution in [3.63, 3.8) is 0 Å². The number of rotatable bonds is 7. The lowest BCUT2D eigenvalue weighted by molar-refractivity contribution is -0.385. The molecule has 0 aliphatic carbocycles. The maximum atomic E-state index is 13.0. The molecule has 1 amide bonds. The molecular weight excluding hydrogens is 434 g/mol. The summed E-state index contributed by atoms with van der Waals surface area (Å²) in [5.74, 6) is -0.113. The van der Waals surface area contributed by atoms with E-state index in [-0.39, 0.29) is 16.1 Å². The van der Waals surface area contributed by atoms with Crippen molar-refractivity contribution in [1.29, 1.82) is 0 Å². The minimum atomic E-state index is -3.90. The number of hydrogen-bond donors (Lipinski definition) is 1. The number of benzene rings is 3. The van der Waals surface area contributed by atoms with E-state index in [2.05, 4.69) is 5.32 Å². The van der Waals surface area contributed by atoms with Crippen molar-refractivity contribution in [3.8, 4) is 5.75 Å². The average molecular weight is 455 g/mol. The third-order valence-corrected chi connectivity index (χ3v) is 6.74. The van der Waals surface area contributed by atoms with Gasteiger partial charge in [0.1, 0.15) is 5.75 Å². The van der Waals surface area contributed by atoms with Crippen molar-refractivity contribution in [2.45, 2.75) is 11.8 Å². The molecule has 0 aromatic heterocycles. The Hall–Kier alpha value is -3.92. The summed E-state index contributed by atoms with van der Waals surface area (Å²) >= 11 is 0. The van der Waals surface area contributed by atoms with Gasteiger partial charge in [0.25, 0.3) is 21.6 Å². The van der Waals surface area contributed by atoms with Crippen molar-refractivity contribution in [2.24, 2.45) is 0 Å². The predicted octanol–water partition coefficient (Wildman–Crippen LogP) is 3.99. The second kappa shape index (κ2) is 9.06. The van der Waals surface area contributed by atoms with E-state index in [1.165, 1.54) is 57.5 Å². The van der Waals surface area contributed by atoms with E-state index in [0.29, 0.717) is 22.7 Å². The van der Waals surface area contributed by atoms with Gasteiger partial charge in [0.15, 0.2) is 0 Å². The van der Waals surface area contributed by atoms with Crippen LogP contribution in [0.1, 0.15) is 15.9 Å². The molecule has 0 heterocycles. The molecule has 0 atom stereocenters. The van der Waals surface area contributed by atoms with E-state index in [1.807, 2.05) is 0 Å². The van der Waals surface area contributed by atoms with Crippen LogP contribution in [0.3, 0.4) is 0 Å². The van der Waals surface area contributed by atoms with Gasteiger partial charge in [-0.3, -0.25) is 19.2 Å². The summed E-state index contributed by atoms with van der Waals surface area (Å²) in [6, 6.07) is 16.5. The highest BCUT2D eigenvalue weighted by molar-refractivity contribution is 7.92. The van der Waals surface area contributed by atoms with Crippen LogP contribution >= 0.6 is 0 Å². The molecule has 10 heteroatoms. The van der Waals surface area contributed by atoms with Gasteiger partial charge in [-0.15, -0.1) is 0 Å². The molecule has 0 aliphatic rings.